The first-order valence-corrected chi connectivity index (χ1v) is 4.43. The standard InChI is InChI=1S/C9H9N3.CH3NO2/c10-8-3-1-2-7(6-8)9-4-5-11-12-9;2-1(3)4/h1-6H,10H2,(H,11,12);2H2,(H,3,4). The van der Waals surface area contributed by atoms with Crippen LogP contribution in [-0.4, -0.2) is 21.4 Å². The molecule has 2 rings (SSSR count). The Hall–Kier alpha value is -2.50. The van der Waals surface area contributed by atoms with Gasteiger partial charge in [0.15, 0.2) is 0 Å². The van der Waals surface area contributed by atoms with Crippen molar-refractivity contribution in [1.82, 2.24) is 10.2 Å². The van der Waals surface area contributed by atoms with Crippen molar-refractivity contribution in [2.75, 3.05) is 5.73 Å². The summed E-state index contributed by atoms with van der Waals surface area (Å²) in [4.78, 5) is 8.78. The van der Waals surface area contributed by atoms with E-state index in [0.717, 1.165) is 16.9 Å². The fraction of sp³-hybridized carbons (Fsp3) is 0. The predicted molar refractivity (Wildman–Crippen MR) is 60.6 cm³/mol. The first-order valence-electron chi connectivity index (χ1n) is 4.43. The predicted octanol–water partition coefficient (Wildman–Crippen LogP) is 1.28. The fourth-order valence-corrected chi connectivity index (χ4v) is 1.12. The minimum atomic E-state index is -1.33. The Morgan fingerprint density at radius 2 is 2.06 bits per heavy atom. The van der Waals surface area contributed by atoms with Crippen molar-refractivity contribution >= 4 is 11.8 Å². The second-order valence-electron chi connectivity index (χ2n) is 2.93. The van der Waals surface area contributed by atoms with Crippen molar-refractivity contribution in [2.24, 2.45) is 5.73 Å². The highest BCUT2D eigenvalue weighted by molar-refractivity contribution is 5.63. The molecule has 0 fully saturated rings. The summed E-state index contributed by atoms with van der Waals surface area (Å²) in [6, 6.07) is 9.59. The van der Waals surface area contributed by atoms with Gasteiger partial charge in [0, 0.05) is 17.4 Å². The van der Waals surface area contributed by atoms with E-state index in [2.05, 4.69) is 15.9 Å². The van der Waals surface area contributed by atoms with Gasteiger partial charge in [-0.1, -0.05) is 12.1 Å². The lowest BCUT2D eigenvalue weighted by molar-refractivity contribution is 0.205. The molecule has 0 saturated carbocycles. The molecule has 0 atom stereocenters. The maximum atomic E-state index is 8.78. The van der Waals surface area contributed by atoms with Gasteiger partial charge in [-0.05, 0) is 18.2 Å². The molecule has 1 heterocycles. The molecule has 1 aromatic carbocycles. The summed E-state index contributed by atoms with van der Waals surface area (Å²) in [6.45, 7) is 0. The Bertz CT molecular complexity index is 450. The van der Waals surface area contributed by atoms with Crippen molar-refractivity contribution in [2.45, 2.75) is 0 Å². The Morgan fingerprint density at radius 1 is 1.38 bits per heavy atom. The number of hydrogen-bond donors (Lipinski definition) is 4. The molecule has 0 bridgehead atoms. The molecular weight excluding hydrogens is 208 g/mol. The molecule has 0 saturated heterocycles. The van der Waals surface area contributed by atoms with Gasteiger partial charge in [-0.2, -0.15) is 5.10 Å². The quantitative estimate of drug-likeness (QED) is 0.541. The van der Waals surface area contributed by atoms with Crippen molar-refractivity contribution in [3.8, 4) is 11.3 Å². The number of rotatable bonds is 1. The SMILES string of the molecule is NC(=O)O.Nc1cccc(-c2ccn[nH]2)c1. The lowest BCUT2D eigenvalue weighted by Crippen LogP contribution is -2.03. The molecule has 0 aliphatic heterocycles. The van der Waals surface area contributed by atoms with Gasteiger partial charge in [0.1, 0.15) is 0 Å². The van der Waals surface area contributed by atoms with Gasteiger partial charge in [0.25, 0.3) is 0 Å². The van der Waals surface area contributed by atoms with Crippen LogP contribution in [0.1, 0.15) is 0 Å². The van der Waals surface area contributed by atoms with Crippen LogP contribution >= 0.6 is 0 Å². The number of nitrogens with two attached hydrogens (primary N) is 2. The average molecular weight is 220 g/mol. The maximum Gasteiger partial charge on any atom is 0.402 e. The lowest BCUT2D eigenvalue weighted by atomic mass is 10.1. The van der Waals surface area contributed by atoms with E-state index in [-0.39, 0.29) is 0 Å². The van der Waals surface area contributed by atoms with Crippen LogP contribution in [0.2, 0.25) is 0 Å². The third-order valence-corrected chi connectivity index (χ3v) is 1.70. The number of nitrogens with zero attached hydrogens (tertiary/aromatic N) is 1. The zero-order valence-corrected chi connectivity index (χ0v) is 8.42. The second kappa shape index (κ2) is 5.40. The van der Waals surface area contributed by atoms with Crippen LogP contribution in [-0.2, 0) is 0 Å². The third-order valence-electron chi connectivity index (χ3n) is 1.70. The largest absolute Gasteiger partial charge is 0.465 e. The van der Waals surface area contributed by atoms with Crippen LogP contribution in [0.25, 0.3) is 11.3 Å². The van der Waals surface area contributed by atoms with E-state index in [0.29, 0.717) is 0 Å². The van der Waals surface area contributed by atoms with Gasteiger partial charge in [0.05, 0.1) is 5.69 Å². The van der Waals surface area contributed by atoms with Crippen molar-refractivity contribution < 1.29 is 9.90 Å². The van der Waals surface area contributed by atoms with Crippen LogP contribution in [0.15, 0.2) is 36.5 Å². The summed E-state index contributed by atoms with van der Waals surface area (Å²) in [5, 5.41) is 13.9. The van der Waals surface area contributed by atoms with Crippen molar-refractivity contribution in [3.05, 3.63) is 36.5 Å². The van der Waals surface area contributed by atoms with E-state index in [1.807, 2.05) is 30.3 Å². The Kier molecular flexibility index (Phi) is 3.90. The van der Waals surface area contributed by atoms with E-state index >= 15 is 0 Å². The zero-order chi connectivity index (χ0) is 12.0. The number of hydrogen-bond acceptors (Lipinski definition) is 3. The fourth-order valence-electron chi connectivity index (χ4n) is 1.12. The molecule has 0 unspecified atom stereocenters. The summed E-state index contributed by atoms with van der Waals surface area (Å²) in [6.07, 6.45) is 0.387. The zero-order valence-electron chi connectivity index (χ0n) is 8.42. The van der Waals surface area contributed by atoms with Crippen LogP contribution < -0.4 is 11.5 Å². The molecule has 6 heteroatoms. The number of primary amides is 1. The number of nitrogens with one attached hydrogen (secondary N) is 1. The molecule has 0 spiro atoms. The van der Waals surface area contributed by atoms with Gasteiger partial charge in [-0.3, -0.25) is 5.10 Å². The highest BCUT2D eigenvalue weighted by atomic mass is 16.4. The first kappa shape index (κ1) is 11.6. The minimum Gasteiger partial charge on any atom is -0.465 e. The van der Waals surface area contributed by atoms with Crippen molar-refractivity contribution in [3.63, 3.8) is 0 Å². The van der Waals surface area contributed by atoms with Gasteiger partial charge in [0.2, 0.25) is 0 Å². The summed E-state index contributed by atoms with van der Waals surface area (Å²) in [7, 11) is 0. The number of aromatic nitrogens is 2. The summed E-state index contributed by atoms with van der Waals surface area (Å²) >= 11 is 0. The highest BCUT2D eigenvalue weighted by Crippen LogP contribution is 2.17. The molecule has 6 nitrogen and oxygen atoms in total. The smallest absolute Gasteiger partial charge is 0.402 e. The number of H-pyrrole nitrogens is 1. The number of nitrogen functional groups attached to an aromatic ring is 1. The van der Waals surface area contributed by atoms with Gasteiger partial charge >= 0.3 is 6.09 Å². The molecule has 1 amide bonds. The monoisotopic (exact) mass is 220 g/mol. The second-order valence-corrected chi connectivity index (χ2v) is 2.93. The molecule has 16 heavy (non-hydrogen) atoms. The van der Waals surface area contributed by atoms with Crippen LogP contribution in [0.4, 0.5) is 10.5 Å². The molecule has 1 aromatic heterocycles. The number of carboxylic acid groups (broad SMARTS) is 1. The maximum absolute atomic E-state index is 8.78. The van der Waals surface area contributed by atoms with E-state index in [1.165, 1.54) is 0 Å². The van der Waals surface area contributed by atoms with Gasteiger partial charge in [-0.25, -0.2) is 4.79 Å². The summed E-state index contributed by atoms with van der Waals surface area (Å²) in [5.41, 5.74) is 12.5. The van der Waals surface area contributed by atoms with Crippen LogP contribution in [0, 0.1) is 0 Å². The molecular formula is C10H12N4O2. The van der Waals surface area contributed by atoms with Crippen LogP contribution in [0.3, 0.4) is 0 Å². The molecule has 6 N–H and O–H groups in total. The average Bonchev–Trinajstić information content (AvgIpc) is 2.69. The highest BCUT2D eigenvalue weighted by Gasteiger charge is 1.96. The molecule has 84 valence electrons. The molecule has 0 aliphatic rings. The summed E-state index contributed by atoms with van der Waals surface area (Å²) < 4.78 is 0. The van der Waals surface area contributed by atoms with Crippen LogP contribution in [0.5, 0.6) is 0 Å². The number of amides is 1. The third kappa shape index (κ3) is 3.70. The Balaban J connectivity index is 0.000000280. The number of carbonyl (C=O) groups is 1. The summed E-state index contributed by atoms with van der Waals surface area (Å²) in [5.74, 6) is 0. The van der Waals surface area contributed by atoms with Gasteiger partial charge < -0.3 is 16.6 Å². The van der Waals surface area contributed by atoms with E-state index < -0.39 is 6.09 Å². The van der Waals surface area contributed by atoms with Gasteiger partial charge in [-0.15, -0.1) is 0 Å². The lowest BCUT2D eigenvalue weighted by Gasteiger charge is -1.97. The number of benzene rings is 1. The van der Waals surface area contributed by atoms with Crippen molar-refractivity contribution in [1.29, 1.82) is 0 Å². The number of anilines is 1. The Labute approximate surface area is 91.9 Å². The number of aromatic amines is 1. The normalized spacial score (nSPS) is 9.00. The Morgan fingerprint density at radius 3 is 2.56 bits per heavy atom. The molecule has 0 radical (unpaired) electrons. The van der Waals surface area contributed by atoms with E-state index in [9.17, 15) is 0 Å². The molecule has 2 aromatic rings. The topological polar surface area (TPSA) is 118 Å². The van der Waals surface area contributed by atoms with E-state index in [1.54, 1.807) is 6.20 Å². The first-order chi connectivity index (χ1) is 7.59. The molecule has 0 aliphatic carbocycles. The minimum absolute atomic E-state index is 0.766. The van der Waals surface area contributed by atoms with E-state index in [4.69, 9.17) is 15.6 Å².